The van der Waals surface area contributed by atoms with Crippen molar-refractivity contribution in [2.75, 3.05) is 43.8 Å². The zero-order chi connectivity index (χ0) is 15.8. The lowest BCUT2D eigenvalue weighted by Gasteiger charge is -2.25. The van der Waals surface area contributed by atoms with E-state index in [1.807, 2.05) is 0 Å². The van der Waals surface area contributed by atoms with Crippen molar-refractivity contribution in [3.05, 3.63) is 12.4 Å². The third-order valence-electron chi connectivity index (χ3n) is 2.98. The maximum atomic E-state index is 11.8. The number of hydrogen-bond donors (Lipinski definition) is 0. The summed E-state index contributed by atoms with van der Waals surface area (Å²) in [7, 11) is 0. The highest BCUT2D eigenvalue weighted by molar-refractivity contribution is 6.28. The molecule has 0 fully saturated rings. The van der Waals surface area contributed by atoms with E-state index in [2.05, 4.69) is 0 Å². The highest BCUT2D eigenvalue weighted by Crippen LogP contribution is 2.05. The molecule has 21 heavy (non-hydrogen) atoms. The molecule has 0 saturated heterocycles. The van der Waals surface area contributed by atoms with Gasteiger partial charge >= 0.3 is 0 Å². The predicted molar refractivity (Wildman–Crippen MR) is 81.3 cm³/mol. The number of rotatable bonds is 3. The van der Waals surface area contributed by atoms with Gasteiger partial charge in [0.25, 0.3) is 0 Å². The smallest absolute Gasteiger partial charge is 0.241 e. The van der Waals surface area contributed by atoms with Crippen LogP contribution in [-0.4, -0.2) is 76.2 Å². The molecule has 0 aromatic rings. The number of alkyl halides is 3. The molecule has 0 spiro atoms. The van der Waals surface area contributed by atoms with E-state index in [1.165, 1.54) is 27.1 Å². The third kappa shape index (κ3) is 5.37. The second-order valence-electron chi connectivity index (χ2n) is 4.25. The Labute approximate surface area is 138 Å². The van der Waals surface area contributed by atoms with Gasteiger partial charge in [-0.1, -0.05) is 0 Å². The van der Waals surface area contributed by atoms with E-state index >= 15 is 0 Å². The Bertz CT molecular complexity index is 401. The van der Waals surface area contributed by atoms with Crippen molar-refractivity contribution < 1.29 is 14.4 Å². The molecular formula is C12H16Cl3N3O3. The van der Waals surface area contributed by atoms with Crippen LogP contribution >= 0.6 is 34.8 Å². The van der Waals surface area contributed by atoms with Gasteiger partial charge in [0.1, 0.15) is 17.6 Å². The van der Waals surface area contributed by atoms with Crippen molar-refractivity contribution >= 4 is 52.5 Å². The first kappa shape index (κ1) is 18.1. The average Bonchev–Trinajstić information content (AvgIpc) is 2.62. The minimum atomic E-state index is -0.314. The second-order valence-corrected chi connectivity index (χ2v) is 5.06. The summed E-state index contributed by atoms with van der Waals surface area (Å²) >= 11 is 16.7. The highest BCUT2D eigenvalue weighted by Gasteiger charge is 2.20. The predicted octanol–water partition coefficient (Wildman–Crippen LogP) is 0.673. The molecule has 0 aliphatic carbocycles. The molecular weight excluding hydrogens is 341 g/mol. The van der Waals surface area contributed by atoms with E-state index in [1.54, 1.807) is 0 Å². The summed E-state index contributed by atoms with van der Waals surface area (Å²) < 4.78 is 0. The topological polar surface area (TPSA) is 60.9 Å². The average molecular weight is 357 g/mol. The van der Waals surface area contributed by atoms with Crippen LogP contribution in [0.2, 0.25) is 0 Å². The van der Waals surface area contributed by atoms with Gasteiger partial charge in [0.15, 0.2) is 0 Å². The highest BCUT2D eigenvalue weighted by atomic mass is 35.5. The number of amides is 3. The molecule has 118 valence electrons. The van der Waals surface area contributed by atoms with E-state index in [9.17, 15) is 14.4 Å². The van der Waals surface area contributed by atoms with E-state index in [0.717, 1.165) is 0 Å². The quantitative estimate of drug-likeness (QED) is 0.699. The van der Waals surface area contributed by atoms with Crippen LogP contribution in [0.3, 0.4) is 0 Å². The van der Waals surface area contributed by atoms with Crippen molar-refractivity contribution in [1.29, 1.82) is 0 Å². The number of carbonyl (C=O) groups is 3. The lowest BCUT2D eigenvalue weighted by atomic mass is 10.4. The summed E-state index contributed by atoms with van der Waals surface area (Å²) in [5.41, 5.74) is 0. The lowest BCUT2D eigenvalue weighted by Crippen LogP contribution is -2.42. The summed E-state index contributed by atoms with van der Waals surface area (Å²) in [6.07, 6.45) is 2.95. The van der Waals surface area contributed by atoms with Crippen molar-refractivity contribution in [3.63, 3.8) is 0 Å². The fourth-order valence-electron chi connectivity index (χ4n) is 1.78. The van der Waals surface area contributed by atoms with Crippen LogP contribution in [0.25, 0.3) is 0 Å². The van der Waals surface area contributed by atoms with Gasteiger partial charge in [0.2, 0.25) is 17.7 Å². The molecule has 0 saturated carbocycles. The molecule has 0 radical (unpaired) electrons. The summed E-state index contributed by atoms with van der Waals surface area (Å²) in [4.78, 5) is 39.4. The fraction of sp³-hybridized carbons (Fsp3) is 0.583. The monoisotopic (exact) mass is 355 g/mol. The molecule has 0 bridgehead atoms. The summed E-state index contributed by atoms with van der Waals surface area (Å²) in [5.74, 6) is -1.40. The molecule has 0 aromatic carbocycles. The second kappa shape index (κ2) is 9.12. The molecule has 9 heteroatoms. The maximum Gasteiger partial charge on any atom is 0.241 e. The zero-order valence-electron chi connectivity index (χ0n) is 11.3. The maximum absolute atomic E-state index is 11.8. The van der Waals surface area contributed by atoms with Gasteiger partial charge in [-0.3, -0.25) is 14.4 Å². The van der Waals surface area contributed by atoms with Crippen molar-refractivity contribution in [2.45, 2.75) is 0 Å². The summed E-state index contributed by atoms with van der Waals surface area (Å²) in [5, 5.41) is 0. The Morgan fingerprint density at radius 2 is 1.10 bits per heavy atom. The van der Waals surface area contributed by atoms with Crippen LogP contribution in [0.1, 0.15) is 0 Å². The number of hydrogen-bond acceptors (Lipinski definition) is 3. The van der Waals surface area contributed by atoms with Crippen LogP contribution in [0, 0.1) is 0 Å². The van der Waals surface area contributed by atoms with Crippen LogP contribution in [0.5, 0.6) is 0 Å². The molecule has 1 aliphatic heterocycles. The Morgan fingerprint density at radius 3 is 1.43 bits per heavy atom. The van der Waals surface area contributed by atoms with Crippen LogP contribution in [-0.2, 0) is 14.4 Å². The molecule has 0 unspecified atom stereocenters. The minimum Gasteiger partial charge on any atom is -0.338 e. The summed E-state index contributed by atoms with van der Waals surface area (Å²) in [6, 6.07) is 0. The van der Waals surface area contributed by atoms with Crippen molar-refractivity contribution in [1.82, 2.24) is 14.7 Å². The largest absolute Gasteiger partial charge is 0.338 e. The van der Waals surface area contributed by atoms with Gasteiger partial charge in [-0.05, 0) is 0 Å². The molecule has 0 N–H and O–H groups in total. The third-order valence-corrected chi connectivity index (χ3v) is 3.67. The van der Waals surface area contributed by atoms with Gasteiger partial charge in [0, 0.05) is 38.6 Å². The fourth-order valence-corrected chi connectivity index (χ4v) is 2.26. The van der Waals surface area contributed by atoms with E-state index in [0.29, 0.717) is 13.1 Å². The van der Waals surface area contributed by atoms with Crippen LogP contribution < -0.4 is 0 Å². The Balaban J connectivity index is 2.93. The Morgan fingerprint density at radius 1 is 0.714 bits per heavy atom. The molecule has 1 aliphatic rings. The first-order valence-corrected chi connectivity index (χ1v) is 7.86. The van der Waals surface area contributed by atoms with E-state index in [4.69, 9.17) is 34.8 Å². The van der Waals surface area contributed by atoms with E-state index in [-0.39, 0.29) is 48.5 Å². The number of carbonyl (C=O) groups excluding carboxylic acids is 3. The Hall–Kier alpha value is -0.980. The molecule has 0 aromatic heterocycles. The first-order chi connectivity index (χ1) is 10.0. The normalized spacial score (nSPS) is 17.8. The van der Waals surface area contributed by atoms with Crippen LogP contribution in [0.4, 0.5) is 0 Å². The van der Waals surface area contributed by atoms with Crippen LogP contribution in [0.15, 0.2) is 12.4 Å². The first-order valence-electron chi connectivity index (χ1n) is 6.26. The van der Waals surface area contributed by atoms with Crippen molar-refractivity contribution in [2.24, 2.45) is 0 Å². The molecule has 1 rings (SSSR count). The summed E-state index contributed by atoms with van der Waals surface area (Å²) in [6.45, 7) is 1.21. The molecule has 1 heterocycles. The molecule has 6 nitrogen and oxygen atoms in total. The van der Waals surface area contributed by atoms with Gasteiger partial charge in [-0.25, -0.2) is 0 Å². The Kier molecular flexibility index (Phi) is 7.85. The van der Waals surface area contributed by atoms with Gasteiger partial charge in [-0.2, -0.15) is 0 Å². The van der Waals surface area contributed by atoms with Gasteiger partial charge in [0.05, 0.1) is 0 Å². The number of nitrogens with zero attached hydrogens (tertiary/aromatic N) is 3. The van der Waals surface area contributed by atoms with Crippen molar-refractivity contribution in [3.8, 4) is 0 Å². The molecule has 0 atom stereocenters. The standard InChI is InChI=1S/C12H16Cl3N3O3/c13-7-10(19)16-1-2-17(11(20)8-14)5-6-18(4-3-16)12(21)9-15/h1-2H,3-9H2/b2-1+. The van der Waals surface area contributed by atoms with Gasteiger partial charge in [-0.15, -0.1) is 34.8 Å². The number of halogens is 3. The minimum absolute atomic E-state index is 0.152. The molecule has 3 amide bonds. The zero-order valence-corrected chi connectivity index (χ0v) is 13.6. The van der Waals surface area contributed by atoms with E-state index < -0.39 is 0 Å². The SMILES string of the molecule is O=C(CCl)N1/C=C/N(C(=O)CCl)CCN(C(=O)CCl)CC1. The van der Waals surface area contributed by atoms with Gasteiger partial charge < -0.3 is 14.7 Å². The lowest BCUT2D eigenvalue weighted by molar-refractivity contribution is -0.131.